The maximum atomic E-state index is 13.3. The standard InChI is InChI=1S/C23H14BrNO5/c24-16-10-8-15(9-11-16)23(27)20-18(26)13-17(14-5-2-1-3-6-14)22(25(28)29)21(20)19-7-4-12-30-19/h1-13,26H. The maximum absolute atomic E-state index is 13.3. The van der Waals surface area contributed by atoms with Crippen LogP contribution in [0.5, 0.6) is 5.75 Å². The molecule has 148 valence electrons. The Labute approximate surface area is 179 Å². The van der Waals surface area contributed by atoms with Crippen LogP contribution in [0.15, 0.2) is 87.9 Å². The van der Waals surface area contributed by atoms with Gasteiger partial charge in [-0.05, 0) is 48.0 Å². The van der Waals surface area contributed by atoms with Crippen LogP contribution in [0.3, 0.4) is 0 Å². The predicted octanol–water partition coefficient (Wildman–Crippen LogP) is 6.22. The van der Waals surface area contributed by atoms with Gasteiger partial charge in [0.25, 0.3) is 5.69 Å². The molecule has 0 spiro atoms. The highest BCUT2D eigenvalue weighted by Crippen LogP contribution is 2.45. The Morgan fingerprint density at radius 2 is 1.70 bits per heavy atom. The average molecular weight is 464 g/mol. The highest BCUT2D eigenvalue weighted by atomic mass is 79.9. The first-order chi connectivity index (χ1) is 14.5. The van der Waals surface area contributed by atoms with Crippen LogP contribution in [-0.2, 0) is 0 Å². The third kappa shape index (κ3) is 3.51. The summed E-state index contributed by atoms with van der Waals surface area (Å²) in [6.45, 7) is 0. The number of nitro groups is 1. The van der Waals surface area contributed by atoms with Crippen molar-refractivity contribution in [2.45, 2.75) is 0 Å². The van der Waals surface area contributed by atoms with Gasteiger partial charge in [-0.1, -0.05) is 46.3 Å². The Morgan fingerprint density at radius 1 is 1.00 bits per heavy atom. The minimum atomic E-state index is -0.558. The number of ketones is 1. The van der Waals surface area contributed by atoms with Crippen LogP contribution in [0, 0.1) is 10.1 Å². The molecule has 0 atom stereocenters. The number of phenols is 1. The van der Waals surface area contributed by atoms with Gasteiger partial charge in [-0.15, -0.1) is 0 Å². The van der Waals surface area contributed by atoms with Crippen molar-refractivity contribution in [3.8, 4) is 28.2 Å². The van der Waals surface area contributed by atoms with E-state index in [0.717, 1.165) is 4.47 Å². The molecule has 30 heavy (non-hydrogen) atoms. The van der Waals surface area contributed by atoms with Crippen LogP contribution in [-0.4, -0.2) is 15.8 Å². The summed E-state index contributed by atoms with van der Waals surface area (Å²) in [7, 11) is 0. The maximum Gasteiger partial charge on any atom is 0.289 e. The lowest BCUT2D eigenvalue weighted by atomic mass is 9.90. The summed E-state index contributed by atoms with van der Waals surface area (Å²) in [5.74, 6) is -0.789. The summed E-state index contributed by atoms with van der Waals surface area (Å²) in [5.41, 5.74) is 0.458. The largest absolute Gasteiger partial charge is 0.507 e. The normalized spacial score (nSPS) is 10.7. The van der Waals surface area contributed by atoms with Crippen LogP contribution in [0.1, 0.15) is 15.9 Å². The van der Waals surface area contributed by atoms with Gasteiger partial charge in [0.2, 0.25) is 0 Å². The van der Waals surface area contributed by atoms with Gasteiger partial charge < -0.3 is 9.52 Å². The Morgan fingerprint density at radius 3 is 2.30 bits per heavy atom. The molecule has 1 heterocycles. The molecule has 0 aliphatic carbocycles. The van der Waals surface area contributed by atoms with E-state index in [4.69, 9.17) is 4.42 Å². The molecule has 6 nitrogen and oxygen atoms in total. The number of phenolic OH excluding ortho intramolecular Hbond substituents is 1. The number of benzene rings is 3. The van der Waals surface area contributed by atoms with Crippen molar-refractivity contribution in [1.29, 1.82) is 0 Å². The first-order valence-electron chi connectivity index (χ1n) is 8.91. The molecule has 0 radical (unpaired) electrons. The number of furan rings is 1. The minimum Gasteiger partial charge on any atom is -0.507 e. The molecule has 0 aliphatic heterocycles. The number of nitrogens with zero attached hydrogens (tertiary/aromatic N) is 1. The summed E-state index contributed by atoms with van der Waals surface area (Å²) in [6, 6.07) is 19.5. The molecule has 3 aromatic carbocycles. The molecule has 0 saturated heterocycles. The molecule has 0 saturated carbocycles. The lowest BCUT2D eigenvalue weighted by Crippen LogP contribution is -2.07. The van der Waals surface area contributed by atoms with Crippen molar-refractivity contribution < 1.29 is 19.2 Å². The topological polar surface area (TPSA) is 93.6 Å². The van der Waals surface area contributed by atoms with E-state index in [1.165, 1.54) is 18.4 Å². The zero-order valence-corrected chi connectivity index (χ0v) is 17.0. The average Bonchev–Trinajstić information content (AvgIpc) is 3.28. The van der Waals surface area contributed by atoms with Crippen LogP contribution in [0.25, 0.3) is 22.5 Å². The van der Waals surface area contributed by atoms with Crippen molar-refractivity contribution in [1.82, 2.24) is 0 Å². The van der Waals surface area contributed by atoms with Gasteiger partial charge in [0.1, 0.15) is 17.1 Å². The molecule has 0 unspecified atom stereocenters. The van der Waals surface area contributed by atoms with Crippen molar-refractivity contribution in [3.63, 3.8) is 0 Å². The van der Waals surface area contributed by atoms with Gasteiger partial charge in [0, 0.05) is 10.0 Å². The zero-order chi connectivity index (χ0) is 21.3. The number of rotatable bonds is 5. The summed E-state index contributed by atoms with van der Waals surface area (Å²) >= 11 is 3.31. The van der Waals surface area contributed by atoms with Gasteiger partial charge in [0.05, 0.1) is 22.3 Å². The SMILES string of the molecule is O=C(c1ccc(Br)cc1)c1c(O)cc(-c2ccccc2)c([N+](=O)[O-])c1-c1ccco1. The molecule has 1 N–H and O–H groups in total. The van der Waals surface area contributed by atoms with E-state index in [1.54, 1.807) is 60.7 Å². The molecule has 0 bridgehead atoms. The van der Waals surface area contributed by atoms with E-state index in [1.807, 2.05) is 0 Å². The lowest BCUT2D eigenvalue weighted by molar-refractivity contribution is -0.383. The number of aromatic hydroxyl groups is 1. The number of carbonyl (C=O) groups excluding carboxylic acids is 1. The van der Waals surface area contributed by atoms with Crippen molar-refractivity contribution in [3.05, 3.63) is 105 Å². The summed E-state index contributed by atoms with van der Waals surface area (Å²) < 4.78 is 6.20. The number of hydrogen-bond acceptors (Lipinski definition) is 5. The number of nitro benzene ring substituents is 1. The highest BCUT2D eigenvalue weighted by molar-refractivity contribution is 9.10. The van der Waals surface area contributed by atoms with Gasteiger partial charge >= 0.3 is 0 Å². The first-order valence-corrected chi connectivity index (χ1v) is 9.70. The van der Waals surface area contributed by atoms with Crippen molar-refractivity contribution in [2.75, 3.05) is 0 Å². The van der Waals surface area contributed by atoms with Crippen molar-refractivity contribution >= 4 is 27.4 Å². The predicted molar refractivity (Wildman–Crippen MR) is 115 cm³/mol. The van der Waals surface area contributed by atoms with E-state index < -0.39 is 10.7 Å². The van der Waals surface area contributed by atoms with Gasteiger partial charge in [-0.2, -0.15) is 0 Å². The molecule has 0 fully saturated rings. The molecular weight excluding hydrogens is 450 g/mol. The third-order valence-electron chi connectivity index (χ3n) is 4.65. The Kier molecular flexibility index (Phi) is 5.20. The molecule has 7 heteroatoms. The zero-order valence-electron chi connectivity index (χ0n) is 15.4. The molecule has 0 amide bonds. The number of hydrogen-bond donors (Lipinski definition) is 1. The van der Waals surface area contributed by atoms with E-state index in [2.05, 4.69) is 15.9 Å². The monoisotopic (exact) mass is 463 g/mol. The number of halogens is 1. The van der Waals surface area contributed by atoms with E-state index in [-0.39, 0.29) is 39.5 Å². The minimum absolute atomic E-state index is 0.0585. The molecule has 1 aromatic heterocycles. The quantitative estimate of drug-likeness (QED) is 0.215. The fourth-order valence-electron chi connectivity index (χ4n) is 3.32. The highest BCUT2D eigenvalue weighted by Gasteiger charge is 2.33. The smallest absolute Gasteiger partial charge is 0.289 e. The second-order valence-electron chi connectivity index (χ2n) is 6.48. The van der Waals surface area contributed by atoms with E-state index >= 15 is 0 Å². The lowest BCUT2D eigenvalue weighted by Gasteiger charge is -2.14. The Bertz CT molecular complexity index is 1230. The second-order valence-corrected chi connectivity index (χ2v) is 7.39. The third-order valence-corrected chi connectivity index (χ3v) is 5.18. The van der Waals surface area contributed by atoms with Gasteiger partial charge in [-0.3, -0.25) is 14.9 Å². The van der Waals surface area contributed by atoms with E-state index in [0.29, 0.717) is 5.56 Å². The van der Waals surface area contributed by atoms with Crippen LogP contribution < -0.4 is 0 Å². The summed E-state index contributed by atoms with van der Waals surface area (Å²) in [5, 5.41) is 23.0. The fraction of sp³-hybridized carbons (Fsp3) is 0. The molecule has 4 rings (SSSR count). The summed E-state index contributed by atoms with van der Waals surface area (Å²) in [4.78, 5) is 24.9. The first kappa shape index (κ1) is 19.6. The summed E-state index contributed by atoms with van der Waals surface area (Å²) in [6.07, 6.45) is 1.36. The number of carbonyl (C=O) groups is 1. The Balaban J connectivity index is 2.06. The Hall–Kier alpha value is -3.71. The van der Waals surface area contributed by atoms with E-state index in [9.17, 15) is 20.0 Å². The molecule has 0 aliphatic rings. The molecular formula is C23H14BrNO5. The van der Waals surface area contributed by atoms with Crippen LogP contribution in [0.2, 0.25) is 0 Å². The van der Waals surface area contributed by atoms with Crippen LogP contribution in [0.4, 0.5) is 5.69 Å². The fourth-order valence-corrected chi connectivity index (χ4v) is 3.59. The van der Waals surface area contributed by atoms with Gasteiger partial charge in [0.15, 0.2) is 5.78 Å². The van der Waals surface area contributed by atoms with Gasteiger partial charge in [-0.25, -0.2) is 0 Å². The second kappa shape index (κ2) is 7.96. The molecule has 4 aromatic rings. The van der Waals surface area contributed by atoms with Crippen LogP contribution >= 0.6 is 15.9 Å². The van der Waals surface area contributed by atoms with Crippen molar-refractivity contribution in [2.24, 2.45) is 0 Å².